The zero-order chi connectivity index (χ0) is 27.0. The third-order valence-corrected chi connectivity index (χ3v) is 7.40. The molecule has 1 aliphatic rings. The topological polar surface area (TPSA) is 110 Å². The first-order chi connectivity index (χ1) is 18.1. The lowest BCUT2D eigenvalue weighted by molar-refractivity contribution is -0.125. The highest BCUT2D eigenvalue weighted by molar-refractivity contribution is 6.06. The number of hydrogen-bond donors (Lipinski definition) is 4. The van der Waals surface area contributed by atoms with E-state index in [4.69, 9.17) is 0 Å². The first-order valence-corrected chi connectivity index (χ1v) is 13.1. The van der Waals surface area contributed by atoms with Crippen LogP contribution >= 0.6 is 0 Å². The van der Waals surface area contributed by atoms with Crippen molar-refractivity contribution in [3.8, 4) is 0 Å². The first-order valence-electron chi connectivity index (χ1n) is 13.1. The minimum atomic E-state index is -0.752. The van der Waals surface area contributed by atoms with Gasteiger partial charge in [-0.05, 0) is 48.1 Å². The second-order valence-electron chi connectivity index (χ2n) is 11.5. The standard InChI is InChI=1S/C30H35N5O3/c1-18-14-20(35(17-18)29(38)22-9-7-11-24-21(22)12-13-31-24)16-32-28(37)26(30(2,3)4)34-27(36)25-15-19-8-5-6-10-23(19)33-25/h5-13,15,18,20,26,31,33H,14,16-17H2,1-4H3,(H,32,37)(H,34,36)/t18-,20-,26+/m0/s1. The van der Waals surface area contributed by atoms with Crippen LogP contribution < -0.4 is 10.6 Å². The Kier molecular flexibility index (Phi) is 6.73. The molecule has 3 heterocycles. The highest BCUT2D eigenvalue weighted by Crippen LogP contribution is 2.28. The quantitative estimate of drug-likeness (QED) is 0.306. The summed E-state index contributed by atoms with van der Waals surface area (Å²) in [6.45, 7) is 8.86. The number of nitrogens with one attached hydrogen (secondary N) is 4. The Labute approximate surface area is 222 Å². The Bertz CT molecular complexity index is 1460. The van der Waals surface area contributed by atoms with E-state index in [-0.39, 0.29) is 23.8 Å². The Morgan fingerprint density at radius 3 is 2.58 bits per heavy atom. The molecule has 4 aromatic rings. The molecular weight excluding hydrogens is 478 g/mol. The van der Waals surface area contributed by atoms with Crippen molar-refractivity contribution in [3.05, 3.63) is 72.1 Å². The number of carbonyl (C=O) groups excluding carboxylic acids is 3. The van der Waals surface area contributed by atoms with Gasteiger partial charge in [0.15, 0.2) is 0 Å². The van der Waals surface area contributed by atoms with E-state index in [0.29, 0.717) is 30.3 Å². The van der Waals surface area contributed by atoms with Gasteiger partial charge in [-0.2, -0.15) is 0 Å². The van der Waals surface area contributed by atoms with Crippen molar-refractivity contribution in [2.45, 2.75) is 46.2 Å². The smallest absolute Gasteiger partial charge is 0.268 e. The zero-order valence-corrected chi connectivity index (χ0v) is 22.3. The molecule has 2 aromatic carbocycles. The summed E-state index contributed by atoms with van der Waals surface area (Å²) in [6.07, 6.45) is 2.64. The van der Waals surface area contributed by atoms with Crippen molar-refractivity contribution in [2.24, 2.45) is 11.3 Å². The average Bonchev–Trinajstić information content (AvgIpc) is 3.62. The van der Waals surface area contributed by atoms with E-state index in [1.54, 1.807) is 6.07 Å². The summed E-state index contributed by atoms with van der Waals surface area (Å²) in [6, 6.07) is 16.2. The SMILES string of the molecule is C[C@H]1C[C@@H](CNC(=O)[C@@H](NC(=O)c2cc3ccccc3[nH]2)C(C)(C)C)N(C(=O)c2cccc3[nH]ccc23)C1. The Morgan fingerprint density at radius 2 is 1.82 bits per heavy atom. The summed E-state index contributed by atoms with van der Waals surface area (Å²) in [4.78, 5) is 48.2. The van der Waals surface area contributed by atoms with Gasteiger partial charge in [-0.25, -0.2) is 0 Å². The molecule has 38 heavy (non-hydrogen) atoms. The van der Waals surface area contributed by atoms with E-state index in [1.165, 1.54) is 0 Å². The van der Waals surface area contributed by atoms with E-state index < -0.39 is 11.5 Å². The Hall–Kier alpha value is -4.07. The molecule has 3 atom stereocenters. The number of aromatic nitrogens is 2. The van der Waals surface area contributed by atoms with Gasteiger partial charge in [0.05, 0.1) is 0 Å². The molecule has 0 unspecified atom stereocenters. The molecule has 3 amide bonds. The normalized spacial score (nSPS) is 18.6. The molecule has 0 bridgehead atoms. The maximum absolute atomic E-state index is 13.6. The van der Waals surface area contributed by atoms with Crippen LogP contribution in [0.25, 0.3) is 21.8 Å². The van der Waals surface area contributed by atoms with E-state index in [1.807, 2.05) is 80.4 Å². The summed E-state index contributed by atoms with van der Waals surface area (Å²) in [5, 5.41) is 7.80. The largest absolute Gasteiger partial charge is 0.361 e. The lowest BCUT2D eigenvalue weighted by Crippen LogP contribution is -2.55. The summed E-state index contributed by atoms with van der Waals surface area (Å²) < 4.78 is 0. The predicted molar refractivity (Wildman–Crippen MR) is 149 cm³/mol. The molecule has 0 spiro atoms. The highest BCUT2D eigenvalue weighted by Gasteiger charge is 2.37. The number of rotatable bonds is 6. The van der Waals surface area contributed by atoms with Gasteiger partial charge < -0.3 is 25.5 Å². The van der Waals surface area contributed by atoms with Crippen LogP contribution in [-0.4, -0.2) is 57.8 Å². The number of carbonyl (C=O) groups is 3. The molecule has 1 aliphatic heterocycles. The van der Waals surface area contributed by atoms with Crippen molar-refractivity contribution in [1.82, 2.24) is 25.5 Å². The molecule has 8 heteroatoms. The van der Waals surface area contributed by atoms with Crippen molar-refractivity contribution in [3.63, 3.8) is 0 Å². The van der Waals surface area contributed by atoms with E-state index >= 15 is 0 Å². The van der Waals surface area contributed by atoms with Gasteiger partial charge in [-0.1, -0.05) is 52.0 Å². The van der Waals surface area contributed by atoms with Gasteiger partial charge in [-0.15, -0.1) is 0 Å². The molecule has 1 fully saturated rings. The minimum Gasteiger partial charge on any atom is -0.361 e. The van der Waals surface area contributed by atoms with Crippen molar-refractivity contribution in [1.29, 1.82) is 0 Å². The van der Waals surface area contributed by atoms with Crippen LogP contribution in [0, 0.1) is 11.3 Å². The second kappa shape index (κ2) is 10.0. The van der Waals surface area contributed by atoms with Gasteiger partial charge in [0.2, 0.25) is 5.91 Å². The maximum atomic E-state index is 13.6. The first kappa shape index (κ1) is 25.6. The number of likely N-dealkylation sites (tertiary alicyclic amines) is 1. The summed E-state index contributed by atoms with van der Waals surface area (Å²) in [7, 11) is 0. The zero-order valence-electron chi connectivity index (χ0n) is 22.3. The number of H-pyrrole nitrogens is 2. The van der Waals surface area contributed by atoms with E-state index in [9.17, 15) is 14.4 Å². The van der Waals surface area contributed by atoms with Crippen LogP contribution in [0.15, 0.2) is 60.8 Å². The lowest BCUT2D eigenvalue weighted by Gasteiger charge is -2.31. The van der Waals surface area contributed by atoms with Crippen molar-refractivity contribution >= 4 is 39.5 Å². The number of benzene rings is 2. The van der Waals surface area contributed by atoms with Crippen LogP contribution in [0.3, 0.4) is 0 Å². The molecule has 8 nitrogen and oxygen atoms in total. The van der Waals surface area contributed by atoms with E-state index in [0.717, 1.165) is 28.2 Å². The fourth-order valence-corrected chi connectivity index (χ4v) is 5.42. The van der Waals surface area contributed by atoms with Crippen LogP contribution in [0.2, 0.25) is 0 Å². The third-order valence-electron chi connectivity index (χ3n) is 7.40. The predicted octanol–water partition coefficient (Wildman–Crippen LogP) is 4.46. The van der Waals surface area contributed by atoms with Crippen LogP contribution in [0.5, 0.6) is 0 Å². The summed E-state index contributed by atoms with van der Waals surface area (Å²) >= 11 is 0. The summed E-state index contributed by atoms with van der Waals surface area (Å²) in [5.41, 5.74) is 2.34. The minimum absolute atomic E-state index is 0.0294. The average molecular weight is 514 g/mol. The molecule has 0 aliphatic carbocycles. The van der Waals surface area contributed by atoms with Gasteiger partial charge in [0.25, 0.3) is 11.8 Å². The fourth-order valence-electron chi connectivity index (χ4n) is 5.42. The Balaban J connectivity index is 1.28. The number of aromatic amines is 2. The molecule has 0 saturated carbocycles. The number of fused-ring (bicyclic) bond motifs is 2. The molecule has 5 rings (SSSR count). The van der Waals surface area contributed by atoms with Gasteiger partial charge in [-0.3, -0.25) is 14.4 Å². The molecular formula is C30H35N5O3. The number of amides is 3. The lowest BCUT2D eigenvalue weighted by atomic mass is 9.86. The number of nitrogens with zero attached hydrogens (tertiary/aromatic N) is 1. The Morgan fingerprint density at radius 1 is 1.05 bits per heavy atom. The second-order valence-corrected chi connectivity index (χ2v) is 11.5. The van der Waals surface area contributed by atoms with Crippen LogP contribution in [-0.2, 0) is 4.79 Å². The fraction of sp³-hybridized carbons (Fsp3) is 0.367. The van der Waals surface area contributed by atoms with Gasteiger partial charge in [0, 0.05) is 52.7 Å². The molecule has 1 saturated heterocycles. The third kappa shape index (κ3) is 5.03. The van der Waals surface area contributed by atoms with Gasteiger partial charge >= 0.3 is 0 Å². The molecule has 4 N–H and O–H groups in total. The highest BCUT2D eigenvalue weighted by atomic mass is 16.2. The van der Waals surface area contributed by atoms with Gasteiger partial charge in [0.1, 0.15) is 11.7 Å². The monoisotopic (exact) mass is 513 g/mol. The number of para-hydroxylation sites is 1. The van der Waals surface area contributed by atoms with Crippen LogP contribution in [0.4, 0.5) is 0 Å². The number of hydrogen-bond acceptors (Lipinski definition) is 3. The van der Waals surface area contributed by atoms with Crippen molar-refractivity contribution in [2.75, 3.05) is 13.1 Å². The van der Waals surface area contributed by atoms with E-state index in [2.05, 4.69) is 27.5 Å². The molecule has 198 valence electrons. The molecule has 0 radical (unpaired) electrons. The molecule has 2 aromatic heterocycles. The van der Waals surface area contributed by atoms with Crippen LogP contribution in [0.1, 0.15) is 55.0 Å². The maximum Gasteiger partial charge on any atom is 0.268 e. The van der Waals surface area contributed by atoms with Crippen molar-refractivity contribution < 1.29 is 14.4 Å². The summed E-state index contributed by atoms with van der Waals surface area (Å²) in [5.74, 6) is -0.298.